The molecule has 13 nitrogen and oxygen atoms in total. The summed E-state index contributed by atoms with van der Waals surface area (Å²) >= 11 is 1.45. The molecule has 4 atom stereocenters. The van der Waals surface area contributed by atoms with Gasteiger partial charge in [0, 0.05) is 12.8 Å². The number of benzene rings is 1. The van der Waals surface area contributed by atoms with E-state index in [9.17, 15) is 39.0 Å². The molecule has 0 radical (unpaired) electrons. The summed E-state index contributed by atoms with van der Waals surface area (Å²) in [6.07, 6.45) is 0.267. The van der Waals surface area contributed by atoms with Crippen LogP contribution in [0.1, 0.15) is 31.2 Å². The van der Waals surface area contributed by atoms with Crippen LogP contribution in [-0.2, 0) is 35.2 Å². The number of thioether (sulfide) groups is 1. The van der Waals surface area contributed by atoms with Gasteiger partial charge in [-0.15, -0.1) is 0 Å². The molecule has 1 aromatic rings. The van der Waals surface area contributed by atoms with Gasteiger partial charge in [0.2, 0.25) is 17.7 Å². The smallest absolute Gasteiger partial charge is 0.326 e. The highest BCUT2D eigenvalue weighted by atomic mass is 32.2. The molecule has 4 unspecified atom stereocenters. The molecule has 0 spiro atoms. The van der Waals surface area contributed by atoms with Crippen molar-refractivity contribution in [3.8, 4) is 0 Å². The average Bonchev–Trinajstić information content (AvgIpc) is 2.83. The number of hydrogen-bond acceptors (Lipinski definition) is 8. The molecule has 0 aliphatic rings. The lowest BCUT2D eigenvalue weighted by Gasteiger charge is -2.24. The number of carbonyl (C=O) groups is 6. The molecular formula is C23H32N4O9S. The molecule has 1 aromatic carbocycles. The zero-order valence-corrected chi connectivity index (χ0v) is 21.0. The largest absolute Gasteiger partial charge is 0.481 e. The first-order chi connectivity index (χ1) is 17.4. The van der Waals surface area contributed by atoms with Crippen LogP contribution in [0.4, 0.5) is 0 Å². The Bertz CT molecular complexity index is 961. The number of rotatable bonds is 17. The molecule has 8 N–H and O–H groups in total. The van der Waals surface area contributed by atoms with Crippen molar-refractivity contribution in [1.29, 1.82) is 0 Å². The maximum Gasteiger partial charge on any atom is 0.326 e. The number of carboxylic acids is 3. The summed E-state index contributed by atoms with van der Waals surface area (Å²) in [4.78, 5) is 72.1. The maximum atomic E-state index is 12.9. The van der Waals surface area contributed by atoms with Crippen LogP contribution in [-0.4, -0.2) is 87.1 Å². The molecule has 0 aliphatic carbocycles. The molecule has 1 rings (SSSR count). The Kier molecular flexibility index (Phi) is 13.7. The van der Waals surface area contributed by atoms with Gasteiger partial charge in [0.1, 0.15) is 18.1 Å². The molecule has 0 aliphatic heterocycles. The normalized spacial score (nSPS) is 13.9. The minimum atomic E-state index is -1.70. The van der Waals surface area contributed by atoms with Crippen LogP contribution in [0, 0.1) is 0 Å². The van der Waals surface area contributed by atoms with E-state index in [-0.39, 0.29) is 12.8 Å². The lowest BCUT2D eigenvalue weighted by Crippen LogP contribution is -2.57. The zero-order chi connectivity index (χ0) is 28.0. The minimum Gasteiger partial charge on any atom is -0.481 e. The number of amides is 3. The Labute approximate surface area is 217 Å². The predicted octanol–water partition coefficient (Wildman–Crippen LogP) is -0.812. The second-order valence-electron chi connectivity index (χ2n) is 8.13. The van der Waals surface area contributed by atoms with Crippen molar-refractivity contribution in [2.45, 2.75) is 56.3 Å². The molecule has 0 fully saturated rings. The molecule has 0 saturated heterocycles. The van der Waals surface area contributed by atoms with Gasteiger partial charge in [-0.1, -0.05) is 30.3 Å². The Morgan fingerprint density at radius 3 is 1.92 bits per heavy atom. The SMILES string of the molecule is CSCCC(N)C(=O)NC(CCC(=O)O)C(=O)NC(CC(=O)O)C(=O)NC(Cc1ccccc1)C(=O)O. The Balaban J connectivity index is 3.01. The second-order valence-corrected chi connectivity index (χ2v) is 9.12. The third-order valence-corrected chi connectivity index (χ3v) is 5.80. The van der Waals surface area contributed by atoms with Gasteiger partial charge in [-0.2, -0.15) is 11.8 Å². The monoisotopic (exact) mass is 540 g/mol. The Hall–Kier alpha value is -3.65. The first-order valence-corrected chi connectivity index (χ1v) is 12.7. The van der Waals surface area contributed by atoms with Crippen molar-refractivity contribution in [3.05, 3.63) is 35.9 Å². The lowest BCUT2D eigenvalue weighted by atomic mass is 10.0. The van der Waals surface area contributed by atoms with E-state index in [1.165, 1.54) is 11.8 Å². The summed E-state index contributed by atoms with van der Waals surface area (Å²) in [5.74, 6) is -6.31. The fourth-order valence-electron chi connectivity index (χ4n) is 3.17. The van der Waals surface area contributed by atoms with E-state index in [0.717, 1.165) is 0 Å². The van der Waals surface area contributed by atoms with E-state index < -0.39 is 72.6 Å². The van der Waals surface area contributed by atoms with Crippen molar-refractivity contribution in [3.63, 3.8) is 0 Å². The number of aliphatic carboxylic acids is 3. The molecule has 0 saturated carbocycles. The van der Waals surface area contributed by atoms with Gasteiger partial charge in [0.05, 0.1) is 12.5 Å². The van der Waals surface area contributed by atoms with E-state index in [1.807, 2.05) is 6.26 Å². The summed E-state index contributed by atoms with van der Waals surface area (Å²) in [7, 11) is 0. The van der Waals surface area contributed by atoms with Crippen LogP contribution in [0.15, 0.2) is 30.3 Å². The number of carbonyl (C=O) groups excluding carboxylic acids is 3. The number of nitrogens with one attached hydrogen (secondary N) is 3. The summed E-state index contributed by atoms with van der Waals surface area (Å²) in [5.41, 5.74) is 6.40. The zero-order valence-electron chi connectivity index (χ0n) is 20.2. The Morgan fingerprint density at radius 1 is 0.811 bits per heavy atom. The second kappa shape index (κ2) is 16.2. The summed E-state index contributed by atoms with van der Waals surface area (Å²) in [6, 6.07) is 2.89. The van der Waals surface area contributed by atoms with Crippen LogP contribution in [0.3, 0.4) is 0 Å². The molecule has 0 bridgehead atoms. The molecule has 0 aromatic heterocycles. The highest BCUT2D eigenvalue weighted by molar-refractivity contribution is 7.98. The van der Waals surface area contributed by atoms with Crippen LogP contribution in [0.2, 0.25) is 0 Å². The number of hydrogen-bond donors (Lipinski definition) is 7. The van der Waals surface area contributed by atoms with Gasteiger partial charge in [0.25, 0.3) is 0 Å². The topological polar surface area (TPSA) is 225 Å². The lowest BCUT2D eigenvalue weighted by molar-refractivity contribution is -0.143. The summed E-state index contributed by atoms with van der Waals surface area (Å²) < 4.78 is 0. The highest BCUT2D eigenvalue weighted by Crippen LogP contribution is 2.07. The molecule has 3 amide bonds. The van der Waals surface area contributed by atoms with E-state index in [4.69, 9.17) is 10.8 Å². The quantitative estimate of drug-likeness (QED) is 0.129. The van der Waals surface area contributed by atoms with Crippen molar-refractivity contribution in [2.24, 2.45) is 5.73 Å². The third-order valence-electron chi connectivity index (χ3n) is 5.16. The first kappa shape index (κ1) is 31.4. The maximum absolute atomic E-state index is 12.9. The average molecular weight is 541 g/mol. The van der Waals surface area contributed by atoms with Crippen LogP contribution in [0.25, 0.3) is 0 Å². The van der Waals surface area contributed by atoms with Crippen LogP contribution < -0.4 is 21.7 Å². The van der Waals surface area contributed by atoms with Crippen molar-refractivity contribution in [1.82, 2.24) is 16.0 Å². The van der Waals surface area contributed by atoms with Crippen LogP contribution in [0.5, 0.6) is 0 Å². The van der Waals surface area contributed by atoms with Gasteiger partial charge in [-0.3, -0.25) is 24.0 Å². The van der Waals surface area contributed by atoms with Crippen LogP contribution >= 0.6 is 11.8 Å². The molecule has 14 heteroatoms. The summed E-state index contributed by atoms with van der Waals surface area (Å²) in [5, 5.41) is 34.5. The van der Waals surface area contributed by atoms with E-state index in [0.29, 0.717) is 17.7 Å². The third kappa shape index (κ3) is 12.2. The van der Waals surface area contributed by atoms with Crippen molar-refractivity contribution < 1.29 is 44.1 Å². The number of carboxylic acid groups (broad SMARTS) is 3. The van der Waals surface area contributed by atoms with Gasteiger partial charge >= 0.3 is 17.9 Å². The first-order valence-electron chi connectivity index (χ1n) is 11.3. The van der Waals surface area contributed by atoms with Gasteiger partial charge in [0.15, 0.2) is 0 Å². The summed E-state index contributed by atoms with van der Waals surface area (Å²) in [6.45, 7) is 0. The fraction of sp³-hybridized carbons (Fsp3) is 0.478. The standard InChI is InChI=1S/C23H32N4O9S/c1-37-10-9-14(24)20(32)25-15(7-8-18(28)29)21(33)26-16(12-19(30)31)22(34)27-17(23(35)36)11-13-5-3-2-4-6-13/h2-6,14-17H,7-12,24H2,1H3,(H,25,32)(H,26,33)(H,27,34)(H,28,29)(H,30,31)(H,35,36). The number of nitrogens with two attached hydrogens (primary N) is 1. The van der Waals surface area contributed by atoms with E-state index in [2.05, 4.69) is 16.0 Å². The predicted molar refractivity (Wildman–Crippen MR) is 134 cm³/mol. The highest BCUT2D eigenvalue weighted by Gasteiger charge is 2.32. The van der Waals surface area contributed by atoms with Crippen molar-refractivity contribution in [2.75, 3.05) is 12.0 Å². The van der Waals surface area contributed by atoms with Gasteiger partial charge in [-0.05, 0) is 30.4 Å². The van der Waals surface area contributed by atoms with E-state index in [1.54, 1.807) is 30.3 Å². The molecule has 204 valence electrons. The van der Waals surface area contributed by atoms with Gasteiger partial charge < -0.3 is 37.0 Å². The molecule has 37 heavy (non-hydrogen) atoms. The van der Waals surface area contributed by atoms with Crippen molar-refractivity contribution >= 4 is 47.4 Å². The van der Waals surface area contributed by atoms with Gasteiger partial charge in [-0.25, -0.2) is 4.79 Å². The molecule has 0 heterocycles. The Morgan fingerprint density at radius 2 is 1.38 bits per heavy atom. The fourth-order valence-corrected chi connectivity index (χ4v) is 3.66. The molecular weight excluding hydrogens is 508 g/mol. The van der Waals surface area contributed by atoms with E-state index >= 15 is 0 Å². The minimum absolute atomic E-state index is 0.0963.